The van der Waals surface area contributed by atoms with Crippen molar-refractivity contribution in [1.29, 1.82) is 0 Å². The summed E-state index contributed by atoms with van der Waals surface area (Å²) in [7, 11) is 0. The average molecular weight is 330 g/mol. The third-order valence-electron chi connectivity index (χ3n) is 2.22. The zero-order chi connectivity index (χ0) is 12.3. The third kappa shape index (κ3) is 3.37. The molecule has 5 heteroatoms. The highest BCUT2D eigenvalue weighted by Gasteiger charge is 2.05. The summed E-state index contributed by atoms with van der Waals surface area (Å²) in [6.45, 7) is 0. The summed E-state index contributed by atoms with van der Waals surface area (Å²) in [5, 5.41) is 1.65. The maximum atomic E-state index is 6.10. The van der Waals surface area contributed by atoms with Crippen molar-refractivity contribution in [3.63, 3.8) is 0 Å². The molecule has 1 heterocycles. The lowest BCUT2D eigenvalue weighted by molar-refractivity contribution is 1.12. The fourth-order valence-corrected chi connectivity index (χ4v) is 2.79. The van der Waals surface area contributed by atoms with E-state index in [1.54, 1.807) is 18.0 Å². The van der Waals surface area contributed by atoms with Crippen LogP contribution in [0.15, 0.2) is 46.0 Å². The van der Waals surface area contributed by atoms with Crippen LogP contribution in [0.1, 0.15) is 5.56 Å². The number of nitrogens with two attached hydrogens (primary N) is 1. The molecule has 0 radical (unpaired) electrons. The van der Waals surface area contributed by atoms with Crippen molar-refractivity contribution in [3.8, 4) is 0 Å². The quantitative estimate of drug-likeness (QED) is 0.671. The van der Waals surface area contributed by atoms with Crippen molar-refractivity contribution in [2.45, 2.75) is 10.8 Å². The number of hydrogen-bond donors (Lipinski definition) is 1. The zero-order valence-electron chi connectivity index (χ0n) is 8.86. The third-order valence-corrected chi connectivity index (χ3v) is 4.01. The molecule has 0 aliphatic carbocycles. The van der Waals surface area contributed by atoms with Crippen LogP contribution in [0.25, 0.3) is 0 Å². The van der Waals surface area contributed by atoms with Gasteiger partial charge in [-0.25, -0.2) is 4.98 Å². The Kier molecular flexibility index (Phi) is 4.31. The van der Waals surface area contributed by atoms with Gasteiger partial charge in [0.25, 0.3) is 0 Å². The Hall–Kier alpha value is -0.710. The first-order valence-electron chi connectivity index (χ1n) is 4.94. The molecule has 0 saturated carbocycles. The number of nitrogen functional groups attached to an aromatic ring is 1. The van der Waals surface area contributed by atoms with Crippen molar-refractivity contribution >= 4 is 45.0 Å². The van der Waals surface area contributed by atoms with E-state index in [0.29, 0.717) is 5.02 Å². The molecule has 0 bridgehead atoms. The van der Waals surface area contributed by atoms with Crippen LogP contribution in [0, 0.1) is 0 Å². The second-order valence-corrected chi connectivity index (χ2v) is 5.73. The molecular formula is C12H10BrClN2S. The molecule has 2 rings (SSSR count). The number of pyridine rings is 1. The molecule has 1 aromatic heterocycles. The van der Waals surface area contributed by atoms with Crippen molar-refractivity contribution in [1.82, 2.24) is 4.98 Å². The van der Waals surface area contributed by atoms with Gasteiger partial charge in [0.1, 0.15) is 0 Å². The number of hydrogen-bond acceptors (Lipinski definition) is 3. The number of halogens is 2. The minimum atomic E-state index is 0.703. The van der Waals surface area contributed by atoms with E-state index in [0.717, 1.165) is 26.5 Å². The van der Waals surface area contributed by atoms with Gasteiger partial charge in [-0.1, -0.05) is 17.7 Å². The van der Waals surface area contributed by atoms with Crippen LogP contribution < -0.4 is 5.73 Å². The van der Waals surface area contributed by atoms with Gasteiger partial charge in [0, 0.05) is 32.7 Å². The molecule has 0 unspecified atom stereocenters. The summed E-state index contributed by atoms with van der Waals surface area (Å²) in [5.74, 6) is 0.722. The molecule has 0 fully saturated rings. The maximum absolute atomic E-state index is 6.10. The highest BCUT2D eigenvalue weighted by atomic mass is 79.9. The lowest BCUT2D eigenvalue weighted by Crippen LogP contribution is -1.93. The standard InChI is InChI=1S/C12H10BrClN2S/c13-8-4-5-12(16-6-8)17-7-9-10(14)2-1-3-11(9)15/h1-6H,7,15H2. The van der Waals surface area contributed by atoms with Crippen LogP contribution >= 0.6 is 39.3 Å². The van der Waals surface area contributed by atoms with E-state index in [-0.39, 0.29) is 0 Å². The lowest BCUT2D eigenvalue weighted by Gasteiger charge is -2.07. The van der Waals surface area contributed by atoms with E-state index in [1.165, 1.54) is 0 Å². The smallest absolute Gasteiger partial charge is 0.0963 e. The number of aromatic nitrogens is 1. The van der Waals surface area contributed by atoms with E-state index >= 15 is 0 Å². The average Bonchev–Trinajstić information content (AvgIpc) is 2.31. The largest absolute Gasteiger partial charge is 0.398 e. The SMILES string of the molecule is Nc1cccc(Cl)c1CSc1ccc(Br)cn1. The van der Waals surface area contributed by atoms with Crippen molar-refractivity contribution in [3.05, 3.63) is 51.6 Å². The molecule has 1 aromatic carbocycles. The van der Waals surface area contributed by atoms with E-state index < -0.39 is 0 Å². The first-order valence-corrected chi connectivity index (χ1v) is 7.09. The number of nitrogens with zero attached hydrogens (tertiary/aromatic N) is 1. The van der Waals surface area contributed by atoms with Crippen molar-refractivity contribution < 1.29 is 0 Å². The predicted molar refractivity (Wildman–Crippen MR) is 77.4 cm³/mol. The van der Waals surface area contributed by atoms with Crippen LogP contribution in [0.2, 0.25) is 5.02 Å². The molecule has 0 amide bonds. The molecule has 0 atom stereocenters. The Labute approximate surface area is 118 Å². The highest BCUT2D eigenvalue weighted by Crippen LogP contribution is 2.29. The fraction of sp³-hybridized carbons (Fsp3) is 0.0833. The molecule has 0 aliphatic heterocycles. The minimum Gasteiger partial charge on any atom is -0.398 e. The van der Waals surface area contributed by atoms with Crippen LogP contribution in [0.3, 0.4) is 0 Å². The van der Waals surface area contributed by atoms with Crippen LogP contribution in [-0.2, 0) is 5.75 Å². The molecular weight excluding hydrogens is 320 g/mol. The van der Waals surface area contributed by atoms with Gasteiger partial charge in [-0.3, -0.25) is 0 Å². The Balaban J connectivity index is 2.10. The summed E-state index contributed by atoms with van der Waals surface area (Å²) < 4.78 is 0.971. The van der Waals surface area contributed by atoms with Gasteiger partial charge in [0.15, 0.2) is 0 Å². The maximum Gasteiger partial charge on any atom is 0.0963 e. The number of benzene rings is 1. The Morgan fingerprint density at radius 2 is 2.12 bits per heavy atom. The summed E-state index contributed by atoms with van der Waals surface area (Å²) in [5.41, 5.74) is 7.57. The lowest BCUT2D eigenvalue weighted by atomic mass is 10.2. The van der Waals surface area contributed by atoms with E-state index in [2.05, 4.69) is 20.9 Å². The van der Waals surface area contributed by atoms with Crippen LogP contribution in [0.4, 0.5) is 5.69 Å². The summed E-state index contributed by atoms with van der Waals surface area (Å²) in [4.78, 5) is 4.28. The fourth-order valence-electron chi connectivity index (χ4n) is 1.32. The molecule has 2 N–H and O–H groups in total. The number of rotatable bonds is 3. The van der Waals surface area contributed by atoms with Gasteiger partial charge < -0.3 is 5.73 Å². The van der Waals surface area contributed by atoms with Gasteiger partial charge in [-0.05, 0) is 40.2 Å². The van der Waals surface area contributed by atoms with Crippen molar-refractivity contribution in [2.75, 3.05) is 5.73 Å². The number of anilines is 1. The summed E-state index contributed by atoms with van der Waals surface area (Å²) in [6.07, 6.45) is 1.78. The Morgan fingerprint density at radius 3 is 2.76 bits per heavy atom. The molecule has 0 aliphatic rings. The molecule has 2 aromatic rings. The van der Waals surface area contributed by atoms with Gasteiger partial charge in [0.05, 0.1) is 5.03 Å². The summed E-state index contributed by atoms with van der Waals surface area (Å²) >= 11 is 11.1. The first-order chi connectivity index (χ1) is 8.16. The predicted octanol–water partition coefficient (Wildman–Crippen LogP) is 4.37. The second kappa shape index (κ2) is 5.76. The molecule has 88 valence electrons. The second-order valence-electron chi connectivity index (χ2n) is 3.41. The molecule has 0 spiro atoms. The molecule has 17 heavy (non-hydrogen) atoms. The van der Waals surface area contributed by atoms with Gasteiger partial charge in [-0.15, -0.1) is 11.8 Å². The molecule has 0 saturated heterocycles. The van der Waals surface area contributed by atoms with E-state index in [1.807, 2.05) is 30.3 Å². The Bertz CT molecular complexity index is 496. The number of thioether (sulfide) groups is 1. The minimum absolute atomic E-state index is 0.703. The zero-order valence-corrected chi connectivity index (χ0v) is 12.0. The monoisotopic (exact) mass is 328 g/mol. The van der Waals surface area contributed by atoms with E-state index in [9.17, 15) is 0 Å². The first kappa shape index (κ1) is 12.7. The van der Waals surface area contributed by atoms with Gasteiger partial charge in [0.2, 0.25) is 0 Å². The summed E-state index contributed by atoms with van der Waals surface area (Å²) in [6, 6.07) is 9.48. The Morgan fingerprint density at radius 1 is 1.29 bits per heavy atom. The topological polar surface area (TPSA) is 38.9 Å². The van der Waals surface area contributed by atoms with Crippen LogP contribution in [-0.4, -0.2) is 4.98 Å². The normalized spacial score (nSPS) is 10.5. The van der Waals surface area contributed by atoms with Gasteiger partial charge >= 0.3 is 0 Å². The van der Waals surface area contributed by atoms with Gasteiger partial charge in [-0.2, -0.15) is 0 Å². The highest BCUT2D eigenvalue weighted by molar-refractivity contribution is 9.10. The molecule has 2 nitrogen and oxygen atoms in total. The van der Waals surface area contributed by atoms with Crippen LogP contribution in [0.5, 0.6) is 0 Å². The van der Waals surface area contributed by atoms with E-state index in [4.69, 9.17) is 17.3 Å². The van der Waals surface area contributed by atoms with Crippen molar-refractivity contribution in [2.24, 2.45) is 0 Å².